The fraction of sp³-hybridized carbons (Fsp3) is 0.583. The Kier molecular flexibility index (Phi) is 4.29. The Bertz CT molecular complexity index is 613. The van der Waals surface area contributed by atoms with Crippen molar-refractivity contribution in [2.45, 2.75) is 32.2 Å². The average Bonchev–Trinajstić information content (AvgIpc) is 2.94. The first kappa shape index (κ1) is 14.8. The smallest absolute Gasteiger partial charge is 0.242 e. The normalized spacial score (nSPS) is 18.8. The molecular weight excluding hydrogens is 280 g/mol. The zero-order chi connectivity index (χ0) is 13.4. The summed E-state index contributed by atoms with van der Waals surface area (Å²) < 4.78 is 1.70. The molecule has 1 unspecified atom stereocenters. The van der Waals surface area contributed by atoms with Gasteiger partial charge in [0.05, 0.1) is 17.1 Å². The van der Waals surface area contributed by atoms with E-state index in [2.05, 4.69) is 25.9 Å². The van der Waals surface area contributed by atoms with Crippen LogP contribution in [0.15, 0.2) is 0 Å². The van der Waals surface area contributed by atoms with Gasteiger partial charge in [0.15, 0.2) is 5.65 Å². The fourth-order valence-corrected chi connectivity index (χ4v) is 2.61. The molecule has 110 valence electrons. The van der Waals surface area contributed by atoms with Crippen LogP contribution in [0.25, 0.3) is 11.0 Å². The van der Waals surface area contributed by atoms with E-state index in [0.29, 0.717) is 5.82 Å². The lowest BCUT2D eigenvalue weighted by Gasteiger charge is -2.22. The summed E-state index contributed by atoms with van der Waals surface area (Å²) in [6, 6.07) is -0.107. The highest BCUT2D eigenvalue weighted by atomic mass is 35.5. The molecule has 1 aliphatic heterocycles. The van der Waals surface area contributed by atoms with Gasteiger partial charge in [-0.05, 0) is 26.3 Å². The maximum atomic E-state index is 12.2. The Morgan fingerprint density at radius 2 is 2.25 bits per heavy atom. The van der Waals surface area contributed by atoms with Crippen molar-refractivity contribution in [1.82, 2.24) is 25.3 Å². The molecule has 1 fully saturated rings. The van der Waals surface area contributed by atoms with Crippen molar-refractivity contribution in [2.24, 2.45) is 7.05 Å². The Labute approximate surface area is 122 Å². The molecule has 20 heavy (non-hydrogen) atoms. The van der Waals surface area contributed by atoms with Crippen LogP contribution >= 0.6 is 12.4 Å². The quantitative estimate of drug-likeness (QED) is 0.775. The van der Waals surface area contributed by atoms with Crippen molar-refractivity contribution in [1.29, 1.82) is 0 Å². The van der Waals surface area contributed by atoms with Crippen LogP contribution in [-0.2, 0) is 11.8 Å². The number of rotatable bonds is 2. The van der Waals surface area contributed by atoms with Crippen LogP contribution in [0.1, 0.15) is 25.0 Å². The predicted molar refractivity (Wildman–Crippen MR) is 79.1 cm³/mol. The number of aromatic nitrogens is 4. The van der Waals surface area contributed by atoms with Crippen LogP contribution in [0.3, 0.4) is 0 Å². The third kappa shape index (κ3) is 2.51. The summed E-state index contributed by atoms with van der Waals surface area (Å²) >= 11 is 0. The van der Waals surface area contributed by atoms with Crippen LogP contribution in [0, 0.1) is 6.92 Å². The number of aryl methyl sites for hydroxylation is 2. The first-order valence-electron chi connectivity index (χ1n) is 6.58. The molecule has 1 atom stereocenters. The molecule has 0 aliphatic carbocycles. The van der Waals surface area contributed by atoms with Gasteiger partial charge in [-0.1, -0.05) is 6.42 Å². The van der Waals surface area contributed by atoms with Crippen LogP contribution in [0.2, 0.25) is 0 Å². The number of H-pyrrole nitrogens is 1. The van der Waals surface area contributed by atoms with E-state index in [9.17, 15) is 4.79 Å². The van der Waals surface area contributed by atoms with Gasteiger partial charge in [-0.2, -0.15) is 10.2 Å². The minimum Gasteiger partial charge on any atom is -0.309 e. The van der Waals surface area contributed by atoms with Gasteiger partial charge < -0.3 is 10.6 Å². The zero-order valence-corrected chi connectivity index (χ0v) is 12.4. The average molecular weight is 299 g/mol. The van der Waals surface area contributed by atoms with E-state index in [4.69, 9.17) is 0 Å². The molecular formula is C12H19ClN6O. The van der Waals surface area contributed by atoms with E-state index in [1.165, 1.54) is 0 Å². The molecule has 3 heterocycles. The predicted octanol–water partition coefficient (Wildman–Crippen LogP) is 1.11. The van der Waals surface area contributed by atoms with Gasteiger partial charge in [0, 0.05) is 7.05 Å². The number of carbonyl (C=O) groups excluding carboxylic acids is 1. The number of nitrogens with one attached hydrogen (secondary N) is 3. The lowest BCUT2D eigenvalue weighted by molar-refractivity contribution is -0.118. The molecule has 2 aromatic rings. The lowest BCUT2D eigenvalue weighted by Crippen LogP contribution is -2.43. The van der Waals surface area contributed by atoms with E-state index >= 15 is 0 Å². The highest BCUT2D eigenvalue weighted by molar-refractivity contribution is 6.01. The van der Waals surface area contributed by atoms with Crippen molar-refractivity contribution < 1.29 is 4.79 Å². The molecule has 8 heteroatoms. The lowest BCUT2D eigenvalue weighted by atomic mass is 10.0. The largest absolute Gasteiger partial charge is 0.309 e. The molecule has 0 saturated carbocycles. The van der Waals surface area contributed by atoms with Gasteiger partial charge in [0.25, 0.3) is 0 Å². The van der Waals surface area contributed by atoms with Crippen LogP contribution < -0.4 is 10.6 Å². The molecule has 3 N–H and O–H groups in total. The number of piperidine rings is 1. The van der Waals surface area contributed by atoms with Crippen molar-refractivity contribution in [2.75, 3.05) is 11.9 Å². The standard InChI is InChI=1S/C12H18N6O.ClH/c1-7-9-10(15-16-11(9)18(2)17-7)14-12(19)8-5-3-4-6-13-8;/h8,13H,3-6H2,1-2H3,(H2,14,15,16,19);1H. The van der Waals surface area contributed by atoms with Crippen molar-refractivity contribution in [3.8, 4) is 0 Å². The maximum Gasteiger partial charge on any atom is 0.242 e. The topological polar surface area (TPSA) is 87.6 Å². The Balaban J connectivity index is 0.00000147. The summed E-state index contributed by atoms with van der Waals surface area (Å²) in [6.45, 7) is 2.81. The van der Waals surface area contributed by atoms with Crippen molar-refractivity contribution in [3.05, 3.63) is 5.69 Å². The molecule has 0 bridgehead atoms. The number of nitrogens with zero attached hydrogens (tertiary/aromatic N) is 3. The minimum atomic E-state index is -0.107. The zero-order valence-electron chi connectivity index (χ0n) is 11.6. The van der Waals surface area contributed by atoms with E-state index < -0.39 is 0 Å². The number of anilines is 1. The van der Waals surface area contributed by atoms with Gasteiger partial charge in [-0.15, -0.1) is 12.4 Å². The number of halogens is 1. The molecule has 1 aliphatic rings. The number of hydrogen-bond donors (Lipinski definition) is 3. The van der Waals surface area contributed by atoms with E-state index in [0.717, 1.165) is 42.5 Å². The van der Waals surface area contributed by atoms with E-state index in [1.54, 1.807) is 4.68 Å². The molecule has 3 rings (SSSR count). The third-order valence-corrected chi connectivity index (χ3v) is 3.59. The summed E-state index contributed by atoms with van der Waals surface area (Å²) in [5.74, 6) is 0.631. The Hall–Kier alpha value is -1.60. The number of aromatic amines is 1. The summed E-state index contributed by atoms with van der Waals surface area (Å²) in [6.07, 6.45) is 3.12. The molecule has 7 nitrogen and oxygen atoms in total. The van der Waals surface area contributed by atoms with Gasteiger partial charge in [0.2, 0.25) is 5.91 Å². The molecule has 0 spiro atoms. The van der Waals surface area contributed by atoms with Crippen LogP contribution in [-0.4, -0.2) is 38.5 Å². The minimum absolute atomic E-state index is 0. The molecule has 1 amide bonds. The first-order valence-corrected chi connectivity index (χ1v) is 6.58. The summed E-state index contributed by atoms with van der Waals surface area (Å²) in [5, 5.41) is 18.4. The van der Waals surface area contributed by atoms with Gasteiger partial charge in [-0.25, -0.2) is 4.68 Å². The second kappa shape index (κ2) is 5.80. The van der Waals surface area contributed by atoms with Crippen LogP contribution in [0.5, 0.6) is 0 Å². The number of carbonyl (C=O) groups is 1. The summed E-state index contributed by atoms with van der Waals surface area (Å²) in [5.41, 5.74) is 1.61. The van der Waals surface area contributed by atoms with Gasteiger partial charge >= 0.3 is 0 Å². The molecule has 0 radical (unpaired) electrons. The van der Waals surface area contributed by atoms with Crippen LogP contribution in [0.4, 0.5) is 5.82 Å². The molecule has 0 aromatic carbocycles. The van der Waals surface area contributed by atoms with Crippen molar-refractivity contribution >= 4 is 35.2 Å². The monoisotopic (exact) mass is 298 g/mol. The third-order valence-electron chi connectivity index (χ3n) is 3.59. The second-order valence-corrected chi connectivity index (χ2v) is 5.00. The van der Waals surface area contributed by atoms with Crippen molar-refractivity contribution in [3.63, 3.8) is 0 Å². The Morgan fingerprint density at radius 3 is 2.95 bits per heavy atom. The summed E-state index contributed by atoms with van der Waals surface area (Å²) in [4.78, 5) is 12.2. The highest BCUT2D eigenvalue weighted by Crippen LogP contribution is 2.23. The first-order chi connectivity index (χ1) is 9.16. The number of fused-ring (bicyclic) bond motifs is 1. The van der Waals surface area contributed by atoms with E-state index in [-0.39, 0.29) is 24.4 Å². The summed E-state index contributed by atoms with van der Waals surface area (Å²) in [7, 11) is 1.84. The van der Waals surface area contributed by atoms with Gasteiger partial charge in [-0.3, -0.25) is 9.89 Å². The Morgan fingerprint density at radius 1 is 1.45 bits per heavy atom. The number of amides is 1. The molecule has 1 saturated heterocycles. The van der Waals surface area contributed by atoms with Gasteiger partial charge in [0.1, 0.15) is 5.82 Å². The van der Waals surface area contributed by atoms with E-state index in [1.807, 2.05) is 14.0 Å². The highest BCUT2D eigenvalue weighted by Gasteiger charge is 2.22. The molecule has 2 aromatic heterocycles. The fourth-order valence-electron chi connectivity index (χ4n) is 2.61. The number of hydrogen-bond acceptors (Lipinski definition) is 4. The maximum absolute atomic E-state index is 12.2. The second-order valence-electron chi connectivity index (χ2n) is 5.00. The SMILES string of the molecule is Cc1nn(C)c2n[nH]c(NC(=O)C3CCCCN3)c12.Cl.